The zero-order chi connectivity index (χ0) is 14.1. The van der Waals surface area contributed by atoms with Gasteiger partial charge in [0, 0.05) is 11.6 Å². The third kappa shape index (κ3) is 1.83. The molecule has 0 radical (unpaired) electrons. The second-order valence-electron chi connectivity index (χ2n) is 4.23. The van der Waals surface area contributed by atoms with Crippen LogP contribution in [0.15, 0.2) is 48.8 Å². The first-order valence-electron chi connectivity index (χ1n) is 5.87. The molecule has 0 bridgehead atoms. The number of benzene rings is 2. The molecular weight excluding hydrogens is 258 g/mol. The van der Waals surface area contributed by atoms with E-state index in [1.165, 1.54) is 12.4 Å². The first-order chi connectivity index (χ1) is 9.70. The summed E-state index contributed by atoms with van der Waals surface area (Å²) in [4.78, 5) is 25.6. The molecular formula is C14H9N3O3. The Morgan fingerprint density at radius 1 is 1.20 bits per heavy atom. The molecule has 0 atom stereocenters. The number of imidazole rings is 1. The molecule has 1 heterocycles. The smallest absolute Gasteiger partial charge is 0.293 e. The Hall–Kier alpha value is -3.02. The van der Waals surface area contributed by atoms with Gasteiger partial charge in [0.15, 0.2) is 0 Å². The maximum Gasteiger partial charge on any atom is 0.293 e. The molecule has 3 aromatic rings. The molecule has 2 aromatic carbocycles. The minimum atomic E-state index is -0.503. The Kier molecular flexibility index (Phi) is 2.76. The number of carbonyl (C=O) groups is 1. The van der Waals surface area contributed by atoms with E-state index in [1.54, 1.807) is 16.7 Å². The molecule has 0 saturated heterocycles. The molecule has 3 rings (SSSR count). The molecule has 0 aliphatic heterocycles. The second kappa shape index (κ2) is 4.58. The zero-order valence-electron chi connectivity index (χ0n) is 10.3. The van der Waals surface area contributed by atoms with Gasteiger partial charge in [0.25, 0.3) is 5.69 Å². The number of nitro benzene ring substituents is 1. The van der Waals surface area contributed by atoms with Crippen molar-refractivity contribution in [1.82, 2.24) is 9.55 Å². The van der Waals surface area contributed by atoms with Crippen LogP contribution in [0, 0.1) is 10.1 Å². The van der Waals surface area contributed by atoms with Crippen molar-refractivity contribution in [2.24, 2.45) is 0 Å². The second-order valence-corrected chi connectivity index (χ2v) is 4.23. The number of carbonyl (C=O) groups excluding carboxylic acids is 1. The fourth-order valence-corrected chi connectivity index (χ4v) is 2.11. The highest BCUT2D eigenvalue weighted by Crippen LogP contribution is 2.27. The molecule has 0 aliphatic rings. The SMILES string of the molecule is O=Cc1ccc(-n2cnc3ccccc32)c([N+](=O)[O-])c1. The quantitative estimate of drug-likeness (QED) is 0.415. The largest absolute Gasteiger partial charge is 0.298 e. The minimum absolute atomic E-state index is 0.127. The van der Waals surface area contributed by atoms with Crippen molar-refractivity contribution < 1.29 is 9.72 Å². The average Bonchev–Trinajstić information content (AvgIpc) is 2.90. The zero-order valence-corrected chi connectivity index (χ0v) is 10.3. The van der Waals surface area contributed by atoms with Crippen LogP contribution in [0.5, 0.6) is 0 Å². The number of nitro groups is 1. The molecule has 0 spiro atoms. The molecule has 0 N–H and O–H groups in total. The number of aromatic nitrogens is 2. The van der Waals surface area contributed by atoms with E-state index in [0.29, 0.717) is 12.0 Å². The molecule has 6 heteroatoms. The number of rotatable bonds is 3. The van der Waals surface area contributed by atoms with Crippen LogP contribution in [-0.4, -0.2) is 20.8 Å². The fraction of sp³-hybridized carbons (Fsp3) is 0. The topological polar surface area (TPSA) is 78.0 Å². The number of para-hydroxylation sites is 2. The van der Waals surface area contributed by atoms with E-state index in [0.717, 1.165) is 11.0 Å². The van der Waals surface area contributed by atoms with Crippen LogP contribution < -0.4 is 0 Å². The summed E-state index contributed by atoms with van der Waals surface area (Å²) in [6.45, 7) is 0. The van der Waals surface area contributed by atoms with E-state index < -0.39 is 4.92 Å². The molecule has 98 valence electrons. The van der Waals surface area contributed by atoms with Gasteiger partial charge in [0.05, 0.1) is 16.0 Å². The summed E-state index contributed by atoms with van der Waals surface area (Å²) in [5.74, 6) is 0. The lowest BCUT2D eigenvalue weighted by atomic mass is 10.2. The van der Waals surface area contributed by atoms with Gasteiger partial charge in [-0.05, 0) is 24.3 Å². The van der Waals surface area contributed by atoms with Crippen LogP contribution in [0.2, 0.25) is 0 Å². The summed E-state index contributed by atoms with van der Waals surface area (Å²) in [6, 6.07) is 11.7. The molecule has 0 saturated carbocycles. The Balaban J connectivity index is 2.28. The van der Waals surface area contributed by atoms with Crippen LogP contribution in [0.1, 0.15) is 10.4 Å². The summed E-state index contributed by atoms with van der Waals surface area (Å²) in [6.07, 6.45) is 2.12. The van der Waals surface area contributed by atoms with E-state index in [4.69, 9.17) is 0 Å². The van der Waals surface area contributed by atoms with Crippen LogP contribution in [0.3, 0.4) is 0 Å². The van der Waals surface area contributed by atoms with Gasteiger partial charge in [0.1, 0.15) is 18.3 Å². The van der Waals surface area contributed by atoms with Crippen molar-refractivity contribution in [2.45, 2.75) is 0 Å². The van der Waals surface area contributed by atoms with Crippen molar-refractivity contribution in [3.63, 3.8) is 0 Å². The number of hydrogen-bond donors (Lipinski definition) is 0. The summed E-state index contributed by atoms with van der Waals surface area (Å²) in [5, 5.41) is 11.2. The van der Waals surface area contributed by atoms with Crippen molar-refractivity contribution in [3.8, 4) is 5.69 Å². The van der Waals surface area contributed by atoms with Gasteiger partial charge in [0.2, 0.25) is 0 Å². The highest BCUT2D eigenvalue weighted by Gasteiger charge is 2.17. The van der Waals surface area contributed by atoms with E-state index in [9.17, 15) is 14.9 Å². The monoisotopic (exact) mass is 267 g/mol. The van der Waals surface area contributed by atoms with Crippen LogP contribution in [0.25, 0.3) is 16.7 Å². The van der Waals surface area contributed by atoms with E-state index in [-0.39, 0.29) is 11.3 Å². The fourth-order valence-electron chi connectivity index (χ4n) is 2.11. The average molecular weight is 267 g/mol. The number of fused-ring (bicyclic) bond motifs is 1. The van der Waals surface area contributed by atoms with E-state index in [2.05, 4.69) is 4.98 Å². The van der Waals surface area contributed by atoms with Crippen molar-refractivity contribution >= 4 is 23.0 Å². The third-order valence-electron chi connectivity index (χ3n) is 3.05. The first-order valence-corrected chi connectivity index (χ1v) is 5.87. The Labute approximate surface area is 113 Å². The lowest BCUT2D eigenvalue weighted by Crippen LogP contribution is -2.00. The van der Waals surface area contributed by atoms with E-state index in [1.807, 2.05) is 24.3 Å². The van der Waals surface area contributed by atoms with Gasteiger partial charge in [-0.3, -0.25) is 19.5 Å². The van der Waals surface area contributed by atoms with Crippen molar-refractivity contribution in [2.75, 3.05) is 0 Å². The maximum atomic E-state index is 11.2. The summed E-state index contributed by atoms with van der Waals surface area (Å²) >= 11 is 0. The molecule has 20 heavy (non-hydrogen) atoms. The molecule has 0 aliphatic carbocycles. The maximum absolute atomic E-state index is 11.2. The summed E-state index contributed by atoms with van der Waals surface area (Å²) in [7, 11) is 0. The van der Waals surface area contributed by atoms with Crippen LogP contribution in [-0.2, 0) is 0 Å². The van der Waals surface area contributed by atoms with Gasteiger partial charge >= 0.3 is 0 Å². The Morgan fingerprint density at radius 3 is 2.75 bits per heavy atom. The standard InChI is InChI=1S/C14H9N3O3/c18-8-10-5-6-13(14(7-10)17(19)20)16-9-15-11-3-1-2-4-12(11)16/h1-9H. The lowest BCUT2D eigenvalue weighted by Gasteiger charge is -2.05. The van der Waals surface area contributed by atoms with Gasteiger partial charge in [-0.15, -0.1) is 0 Å². The van der Waals surface area contributed by atoms with Gasteiger partial charge in [-0.25, -0.2) is 4.98 Å². The summed E-state index contributed by atoms with van der Waals surface area (Å²) < 4.78 is 1.64. The van der Waals surface area contributed by atoms with Crippen LogP contribution in [0.4, 0.5) is 5.69 Å². The summed E-state index contributed by atoms with van der Waals surface area (Å²) in [5.41, 5.74) is 2.05. The molecule has 0 fully saturated rings. The highest BCUT2D eigenvalue weighted by molar-refractivity contribution is 5.81. The lowest BCUT2D eigenvalue weighted by molar-refractivity contribution is -0.384. The molecule has 1 aromatic heterocycles. The van der Waals surface area contributed by atoms with E-state index >= 15 is 0 Å². The highest BCUT2D eigenvalue weighted by atomic mass is 16.6. The Bertz CT molecular complexity index is 823. The Morgan fingerprint density at radius 2 is 2.00 bits per heavy atom. The first kappa shape index (κ1) is 12.0. The third-order valence-corrected chi connectivity index (χ3v) is 3.05. The van der Waals surface area contributed by atoms with Gasteiger partial charge in [-0.2, -0.15) is 0 Å². The predicted molar refractivity (Wildman–Crippen MR) is 73.1 cm³/mol. The van der Waals surface area contributed by atoms with Gasteiger partial charge in [-0.1, -0.05) is 12.1 Å². The predicted octanol–water partition coefficient (Wildman–Crippen LogP) is 2.75. The normalized spacial score (nSPS) is 10.6. The molecule has 0 unspecified atom stereocenters. The molecule has 0 amide bonds. The van der Waals surface area contributed by atoms with Crippen molar-refractivity contribution in [3.05, 3.63) is 64.5 Å². The molecule has 6 nitrogen and oxygen atoms in total. The van der Waals surface area contributed by atoms with Gasteiger partial charge < -0.3 is 0 Å². The van der Waals surface area contributed by atoms with Crippen LogP contribution >= 0.6 is 0 Å². The minimum Gasteiger partial charge on any atom is -0.298 e. The number of aldehydes is 1. The number of nitrogens with zero attached hydrogens (tertiary/aromatic N) is 3. The van der Waals surface area contributed by atoms with Crippen molar-refractivity contribution in [1.29, 1.82) is 0 Å². The number of hydrogen-bond acceptors (Lipinski definition) is 4.